The summed E-state index contributed by atoms with van der Waals surface area (Å²) in [6.07, 6.45) is 3.62. The largest absolute Gasteiger partial charge is 0.369 e. The zero-order valence-electron chi connectivity index (χ0n) is 8.51. The summed E-state index contributed by atoms with van der Waals surface area (Å²) in [4.78, 5) is 22.0. The molecule has 0 aromatic heterocycles. The number of Topliss-reactive ketones (excluding diaryl/α,β-unsaturated/α-hetero) is 1. The minimum atomic E-state index is -0.512. The van der Waals surface area contributed by atoms with Crippen LogP contribution in [0.2, 0.25) is 0 Å². The number of amides is 1. The van der Waals surface area contributed by atoms with Crippen LogP contribution < -0.4 is 5.73 Å². The summed E-state index contributed by atoms with van der Waals surface area (Å²) in [7, 11) is 0. The van der Waals surface area contributed by atoms with Crippen LogP contribution in [0.5, 0.6) is 0 Å². The van der Waals surface area contributed by atoms with Gasteiger partial charge in [0.05, 0.1) is 6.42 Å². The molecule has 2 N–H and O–H groups in total. The van der Waals surface area contributed by atoms with E-state index in [1.807, 2.05) is 13.8 Å². The zero-order valence-corrected chi connectivity index (χ0v) is 8.51. The molecule has 0 aliphatic carbocycles. The fourth-order valence-electron chi connectivity index (χ4n) is 1.48. The van der Waals surface area contributed by atoms with Gasteiger partial charge in [0.15, 0.2) is 0 Å². The highest BCUT2D eigenvalue weighted by molar-refractivity contribution is 5.98. The van der Waals surface area contributed by atoms with E-state index in [1.165, 1.54) is 0 Å². The number of carbonyl (C=O) groups excluding carboxylic acids is 2. The fourth-order valence-corrected chi connectivity index (χ4v) is 1.48. The Balaban J connectivity index is 4.02. The Morgan fingerprint density at radius 2 is 1.62 bits per heavy atom. The molecule has 1 amide bonds. The second kappa shape index (κ2) is 6.63. The summed E-state index contributed by atoms with van der Waals surface area (Å²) >= 11 is 0. The molecule has 0 aromatic rings. The van der Waals surface area contributed by atoms with Gasteiger partial charge in [-0.05, 0) is 12.8 Å². The number of nitrogens with two attached hydrogens (primary N) is 1. The molecule has 0 rings (SSSR count). The summed E-state index contributed by atoms with van der Waals surface area (Å²) in [5.74, 6) is -0.457. The highest BCUT2D eigenvalue weighted by Crippen LogP contribution is 2.15. The van der Waals surface area contributed by atoms with Gasteiger partial charge in [-0.2, -0.15) is 0 Å². The van der Waals surface area contributed by atoms with Crippen molar-refractivity contribution in [2.45, 2.75) is 46.0 Å². The molecule has 3 nitrogen and oxygen atoms in total. The molecule has 76 valence electrons. The highest BCUT2D eigenvalue weighted by Gasteiger charge is 2.17. The van der Waals surface area contributed by atoms with Gasteiger partial charge in [0.1, 0.15) is 5.78 Å². The quantitative estimate of drug-likeness (QED) is 0.613. The van der Waals surface area contributed by atoms with Gasteiger partial charge in [0.2, 0.25) is 5.91 Å². The predicted octanol–water partition coefficient (Wildman–Crippen LogP) is 1.65. The van der Waals surface area contributed by atoms with E-state index in [1.54, 1.807) is 0 Å². The molecule has 0 bridgehead atoms. The molecule has 0 aliphatic heterocycles. The summed E-state index contributed by atoms with van der Waals surface area (Å²) in [6, 6.07) is 0. The Morgan fingerprint density at radius 1 is 1.15 bits per heavy atom. The summed E-state index contributed by atoms with van der Waals surface area (Å²) in [5, 5.41) is 0. The zero-order chi connectivity index (χ0) is 10.3. The fraction of sp³-hybridized carbons (Fsp3) is 0.800. The molecule has 0 aliphatic rings. The average molecular weight is 185 g/mol. The van der Waals surface area contributed by atoms with Crippen molar-refractivity contribution < 1.29 is 9.59 Å². The predicted molar refractivity (Wildman–Crippen MR) is 52.1 cm³/mol. The second-order valence-corrected chi connectivity index (χ2v) is 3.38. The SMILES string of the molecule is CCCC(CCC)C(=O)CC(N)=O. The van der Waals surface area contributed by atoms with E-state index in [-0.39, 0.29) is 18.1 Å². The molecule has 0 spiro atoms. The maximum absolute atomic E-state index is 11.4. The Labute approximate surface area is 79.7 Å². The molecule has 0 saturated heterocycles. The van der Waals surface area contributed by atoms with Crippen LogP contribution in [-0.4, -0.2) is 11.7 Å². The van der Waals surface area contributed by atoms with E-state index in [0.717, 1.165) is 25.7 Å². The van der Waals surface area contributed by atoms with Crippen molar-refractivity contribution in [2.75, 3.05) is 0 Å². The van der Waals surface area contributed by atoms with Gasteiger partial charge < -0.3 is 5.73 Å². The van der Waals surface area contributed by atoms with Crippen molar-refractivity contribution in [3.63, 3.8) is 0 Å². The minimum absolute atomic E-state index is 0.0104. The summed E-state index contributed by atoms with van der Waals surface area (Å²) < 4.78 is 0. The smallest absolute Gasteiger partial charge is 0.224 e. The van der Waals surface area contributed by atoms with Gasteiger partial charge in [0, 0.05) is 5.92 Å². The van der Waals surface area contributed by atoms with Crippen LogP contribution in [0, 0.1) is 5.92 Å². The number of ketones is 1. The van der Waals surface area contributed by atoms with Crippen LogP contribution in [0.25, 0.3) is 0 Å². The van der Waals surface area contributed by atoms with E-state index in [9.17, 15) is 9.59 Å². The molecular weight excluding hydrogens is 166 g/mol. The molecular formula is C10H19NO2. The van der Waals surface area contributed by atoms with Crippen molar-refractivity contribution in [3.05, 3.63) is 0 Å². The van der Waals surface area contributed by atoms with Crippen molar-refractivity contribution in [3.8, 4) is 0 Å². The highest BCUT2D eigenvalue weighted by atomic mass is 16.2. The molecule has 0 fully saturated rings. The lowest BCUT2D eigenvalue weighted by molar-refractivity contribution is -0.129. The standard InChI is InChI=1S/C10H19NO2/c1-3-5-8(6-4-2)9(12)7-10(11)13/h8H,3-7H2,1-2H3,(H2,11,13). The first-order chi connectivity index (χ1) is 6.11. The monoisotopic (exact) mass is 185 g/mol. The summed E-state index contributed by atoms with van der Waals surface area (Å²) in [6.45, 7) is 4.08. The van der Waals surface area contributed by atoms with E-state index in [0.29, 0.717) is 0 Å². The first-order valence-corrected chi connectivity index (χ1v) is 4.92. The second-order valence-electron chi connectivity index (χ2n) is 3.38. The molecule has 0 unspecified atom stereocenters. The maximum atomic E-state index is 11.4. The number of primary amides is 1. The number of rotatable bonds is 7. The Hall–Kier alpha value is -0.860. The van der Waals surface area contributed by atoms with Crippen molar-refractivity contribution in [1.29, 1.82) is 0 Å². The van der Waals surface area contributed by atoms with Crippen molar-refractivity contribution in [1.82, 2.24) is 0 Å². The number of carbonyl (C=O) groups is 2. The average Bonchev–Trinajstić information content (AvgIpc) is 2.02. The lowest BCUT2D eigenvalue weighted by Crippen LogP contribution is -2.22. The van der Waals surface area contributed by atoms with E-state index in [4.69, 9.17) is 5.73 Å². The lowest BCUT2D eigenvalue weighted by Gasteiger charge is -2.12. The van der Waals surface area contributed by atoms with Crippen LogP contribution >= 0.6 is 0 Å². The normalized spacial score (nSPS) is 10.4. The first-order valence-electron chi connectivity index (χ1n) is 4.92. The molecule has 13 heavy (non-hydrogen) atoms. The third kappa shape index (κ3) is 5.39. The third-order valence-electron chi connectivity index (χ3n) is 2.08. The number of hydrogen-bond acceptors (Lipinski definition) is 2. The van der Waals surface area contributed by atoms with Crippen LogP contribution in [0.3, 0.4) is 0 Å². The topological polar surface area (TPSA) is 60.2 Å². The minimum Gasteiger partial charge on any atom is -0.369 e. The van der Waals surface area contributed by atoms with Gasteiger partial charge >= 0.3 is 0 Å². The first kappa shape index (κ1) is 12.1. The molecule has 0 saturated carbocycles. The van der Waals surface area contributed by atoms with E-state index >= 15 is 0 Å². The Bertz CT molecular complexity index is 172. The third-order valence-corrected chi connectivity index (χ3v) is 2.08. The molecule has 0 radical (unpaired) electrons. The van der Waals surface area contributed by atoms with Gasteiger partial charge in [-0.3, -0.25) is 9.59 Å². The van der Waals surface area contributed by atoms with Crippen LogP contribution in [0.1, 0.15) is 46.0 Å². The van der Waals surface area contributed by atoms with Gasteiger partial charge in [-0.1, -0.05) is 26.7 Å². The van der Waals surface area contributed by atoms with Crippen molar-refractivity contribution in [2.24, 2.45) is 11.7 Å². The van der Waals surface area contributed by atoms with Crippen LogP contribution in [-0.2, 0) is 9.59 Å². The van der Waals surface area contributed by atoms with Crippen molar-refractivity contribution >= 4 is 11.7 Å². The molecule has 0 heterocycles. The van der Waals surface area contributed by atoms with Gasteiger partial charge in [-0.25, -0.2) is 0 Å². The lowest BCUT2D eigenvalue weighted by atomic mass is 9.92. The van der Waals surface area contributed by atoms with Crippen LogP contribution in [0.4, 0.5) is 0 Å². The van der Waals surface area contributed by atoms with Gasteiger partial charge in [-0.15, -0.1) is 0 Å². The number of hydrogen-bond donors (Lipinski definition) is 1. The van der Waals surface area contributed by atoms with Gasteiger partial charge in [0.25, 0.3) is 0 Å². The molecule has 0 aromatic carbocycles. The molecule has 0 atom stereocenters. The van der Waals surface area contributed by atoms with Crippen LogP contribution in [0.15, 0.2) is 0 Å². The summed E-state index contributed by atoms with van der Waals surface area (Å²) in [5.41, 5.74) is 4.96. The van der Waals surface area contributed by atoms with E-state index in [2.05, 4.69) is 0 Å². The molecule has 3 heteroatoms. The Kier molecular flexibility index (Phi) is 6.20. The Morgan fingerprint density at radius 3 is 1.92 bits per heavy atom. The maximum Gasteiger partial charge on any atom is 0.224 e. The van der Waals surface area contributed by atoms with E-state index < -0.39 is 5.91 Å².